The van der Waals surface area contributed by atoms with Crippen LogP contribution in [0.5, 0.6) is 0 Å². The number of esters is 1. The lowest BCUT2D eigenvalue weighted by Crippen LogP contribution is -2.53. The van der Waals surface area contributed by atoms with Crippen LogP contribution in [0.1, 0.15) is 121 Å². The fourth-order valence-corrected chi connectivity index (χ4v) is 10.8. The molecular formula is C50H62F2N12O8S2. The standard InChI is InChI=1S/C26H33FN6O4S.C24H29FN6O4S/c1-5-36-21(34)13-17-9-6-8-16(33(17)25(35)37-26(2,3)4)12-20-32-22-23(30-15-31-24(22)38-20)29-14-19-18(27)10-7-11-28-19;1-24(2,3)35-23(34)31-14(6-4-7-15(31)11-19(32)33)10-18-30-20-21(28-13-29-22(20)36-18)27-12-17-16(25)8-5-9-26-17/h7,10-11,15-17H,5-6,8-9,12-14H2,1-4H3,(H,29,30,31);5,8-9,13-15H,4,6-7,10-12H2,1-3H3,(H,32,33)(H,27,28,29). The molecule has 3 N–H and O–H groups in total. The number of likely N-dealkylation sites (tertiary alicyclic amines) is 2. The van der Waals surface area contributed by atoms with E-state index in [2.05, 4.69) is 40.5 Å². The molecule has 24 heteroatoms. The molecule has 0 aromatic carbocycles. The maximum Gasteiger partial charge on any atom is 0.410 e. The largest absolute Gasteiger partial charge is 0.481 e. The maximum absolute atomic E-state index is 14.0. The first-order valence-corrected chi connectivity index (χ1v) is 26.2. The molecule has 2 aliphatic heterocycles. The molecule has 0 spiro atoms. The SMILES string of the molecule is CC(C)(C)OC(=O)N1C(CC(=O)O)CCCC1Cc1nc2c(NCc3ncccc3F)ncnc2s1.CCOC(=O)CC1CCCC(Cc2nc3c(NCc4ncccc4F)ncnc3s2)N1C(=O)OC(C)(C)C. The molecule has 4 unspecified atom stereocenters. The number of amides is 2. The van der Waals surface area contributed by atoms with E-state index < -0.39 is 47.0 Å². The highest BCUT2D eigenvalue weighted by Crippen LogP contribution is 2.35. The van der Waals surface area contributed by atoms with Gasteiger partial charge >= 0.3 is 24.1 Å². The minimum atomic E-state index is -0.954. The van der Waals surface area contributed by atoms with Gasteiger partial charge in [-0.15, -0.1) is 0 Å². The molecule has 0 bridgehead atoms. The summed E-state index contributed by atoms with van der Waals surface area (Å²) in [5, 5.41) is 17.1. The van der Waals surface area contributed by atoms with Crippen molar-refractivity contribution in [3.63, 3.8) is 0 Å². The van der Waals surface area contributed by atoms with E-state index >= 15 is 0 Å². The van der Waals surface area contributed by atoms with Gasteiger partial charge in [0.05, 0.1) is 53.9 Å². The number of carboxylic acid groups (broad SMARTS) is 1. The van der Waals surface area contributed by atoms with Gasteiger partial charge in [0.25, 0.3) is 0 Å². The summed E-state index contributed by atoms with van der Waals surface area (Å²) >= 11 is 2.80. The molecule has 4 atom stereocenters. The zero-order valence-electron chi connectivity index (χ0n) is 42.5. The van der Waals surface area contributed by atoms with Gasteiger partial charge in [-0.3, -0.25) is 19.6 Å². The number of carboxylic acids is 1. The fraction of sp³-hybridized carbons (Fsp3) is 0.520. The topological polar surface area (TPSA) is 250 Å². The number of carbonyl (C=O) groups is 4. The smallest absolute Gasteiger partial charge is 0.410 e. The molecular weight excluding hydrogens is 999 g/mol. The number of aliphatic carboxylic acids is 1. The van der Waals surface area contributed by atoms with Gasteiger partial charge in [-0.05, 0) is 111 Å². The second kappa shape index (κ2) is 24.5. The number of piperidine rings is 2. The van der Waals surface area contributed by atoms with Crippen molar-refractivity contribution in [2.45, 2.75) is 161 Å². The summed E-state index contributed by atoms with van der Waals surface area (Å²) in [5.74, 6) is -1.16. The number of nitrogens with one attached hydrogen (secondary N) is 2. The Balaban J connectivity index is 0.000000217. The van der Waals surface area contributed by atoms with Gasteiger partial charge in [-0.1, -0.05) is 22.7 Å². The van der Waals surface area contributed by atoms with E-state index in [1.165, 1.54) is 72.0 Å². The predicted octanol–water partition coefficient (Wildman–Crippen LogP) is 9.29. The Bertz CT molecular complexity index is 2910. The van der Waals surface area contributed by atoms with Crippen LogP contribution in [0.4, 0.5) is 30.0 Å². The van der Waals surface area contributed by atoms with Crippen molar-refractivity contribution in [1.29, 1.82) is 0 Å². The molecule has 74 heavy (non-hydrogen) atoms. The summed E-state index contributed by atoms with van der Waals surface area (Å²) in [6.07, 6.45) is 10.3. The van der Waals surface area contributed by atoms with Crippen molar-refractivity contribution in [1.82, 2.24) is 49.7 Å². The Kier molecular flexibility index (Phi) is 18.2. The minimum absolute atomic E-state index is 0.118. The zero-order valence-corrected chi connectivity index (χ0v) is 44.1. The molecule has 6 aromatic heterocycles. The van der Waals surface area contributed by atoms with Crippen LogP contribution in [-0.2, 0) is 49.7 Å². The third-order valence-electron chi connectivity index (χ3n) is 11.9. The number of thiazole rings is 2. The third-order valence-corrected chi connectivity index (χ3v) is 13.8. The van der Waals surface area contributed by atoms with E-state index in [-0.39, 0.29) is 68.0 Å². The molecule has 0 radical (unpaired) electrons. The summed E-state index contributed by atoms with van der Waals surface area (Å²) in [5.41, 5.74) is 0.289. The summed E-state index contributed by atoms with van der Waals surface area (Å²) < 4.78 is 44.5. The molecule has 2 fully saturated rings. The summed E-state index contributed by atoms with van der Waals surface area (Å²) in [6, 6.07) is 4.54. The molecule has 0 saturated carbocycles. The van der Waals surface area contributed by atoms with E-state index in [4.69, 9.17) is 24.2 Å². The van der Waals surface area contributed by atoms with Crippen LogP contribution in [0.2, 0.25) is 0 Å². The van der Waals surface area contributed by atoms with Gasteiger partial charge in [-0.2, -0.15) is 0 Å². The first kappa shape index (κ1) is 54.9. The predicted molar refractivity (Wildman–Crippen MR) is 273 cm³/mol. The lowest BCUT2D eigenvalue weighted by Gasteiger charge is -2.42. The van der Waals surface area contributed by atoms with Crippen LogP contribution in [0, 0.1) is 11.6 Å². The number of ether oxygens (including phenoxy) is 3. The van der Waals surface area contributed by atoms with Gasteiger partial charge in [0, 0.05) is 49.4 Å². The molecule has 0 aliphatic carbocycles. The molecule has 6 aromatic rings. The maximum atomic E-state index is 14.0. The lowest BCUT2D eigenvalue weighted by molar-refractivity contribution is -0.145. The molecule has 2 saturated heterocycles. The number of carbonyl (C=O) groups excluding carboxylic acids is 3. The van der Waals surface area contributed by atoms with Crippen LogP contribution in [0.15, 0.2) is 49.3 Å². The summed E-state index contributed by atoms with van der Waals surface area (Å²) in [6.45, 7) is 13.2. The number of rotatable bonds is 15. The monoisotopic (exact) mass is 1060 g/mol. The van der Waals surface area contributed by atoms with Crippen molar-refractivity contribution >= 4 is 79.1 Å². The van der Waals surface area contributed by atoms with Gasteiger partial charge in [0.2, 0.25) is 0 Å². The molecule has 20 nitrogen and oxygen atoms in total. The number of anilines is 2. The van der Waals surface area contributed by atoms with Crippen molar-refractivity contribution < 1.29 is 47.3 Å². The number of nitrogens with zero attached hydrogens (tertiary/aromatic N) is 10. The number of hydrogen-bond donors (Lipinski definition) is 3. The van der Waals surface area contributed by atoms with Crippen molar-refractivity contribution in [2.24, 2.45) is 0 Å². The van der Waals surface area contributed by atoms with Crippen LogP contribution in [0.25, 0.3) is 20.7 Å². The van der Waals surface area contributed by atoms with Gasteiger partial charge in [-0.25, -0.2) is 48.3 Å². The highest BCUT2D eigenvalue weighted by molar-refractivity contribution is 7.18. The Morgan fingerprint density at radius 3 is 1.50 bits per heavy atom. The highest BCUT2D eigenvalue weighted by Gasteiger charge is 2.40. The van der Waals surface area contributed by atoms with Crippen molar-refractivity contribution in [2.75, 3.05) is 17.2 Å². The average Bonchev–Trinajstić information content (AvgIpc) is 3.94. The Morgan fingerprint density at radius 2 is 1.09 bits per heavy atom. The number of hydrogen-bond acceptors (Lipinski definition) is 19. The highest BCUT2D eigenvalue weighted by atomic mass is 32.1. The Labute approximate surface area is 435 Å². The Morgan fingerprint density at radius 1 is 0.662 bits per heavy atom. The van der Waals surface area contributed by atoms with Gasteiger partial charge in [0.1, 0.15) is 56.2 Å². The molecule has 8 rings (SSSR count). The van der Waals surface area contributed by atoms with Crippen LogP contribution in [0.3, 0.4) is 0 Å². The van der Waals surface area contributed by atoms with E-state index in [1.807, 2.05) is 20.8 Å². The number of fused-ring (bicyclic) bond motifs is 2. The average molecular weight is 1060 g/mol. The molecule has 8 heterocycles. The number of aromatic nitrogens is 8. The van der Waals surface area contributed by atoms with E-state index in [9.17, 15) is 33.1 Å². The van der Waals surface area contributed by atoms with Crippen molar-refractivity contribution in [3.8, 4) is 0 Å². The van der Waals surface area contributed by atoms with E-state index in [0.717, 1.165) is 29.3 Å². The summed E-state index contributed by atoms with van der Waals surface area (Å²) in [7, 11) is 0. The number of halogens is 2. The molecule has 2 aliphatic rings. The second-order valence-corrected chi connectivity index (χ2v) is 21.9. The zero-order chi connectivity index (χ0) is 53.2. The number of pyridine rings is 2. The lowest BCUT2D eigenvalue weighted by atomic mass is 9.92. The van der Waals surface area contributed by atoms with Gasteiger partial charge < -0.3 is 39.8 Å². The normalized spacial score (nSPS) is 18.1. The minimum Gasteiger partial charge on any atom is -0.481 e. The van der Waals surface area contributed by atoms with Gasteiger partial charge in [0.15, 0.2) is 11.6 Å². The van der Waals surface area contributed by atoms with Crippen LogP contribution >= 0.6 is 22.7 Å². The van der Waals surface area contributed by atoms with Crippen LogP contribution < -0.4 is 10.6 Å². The summed E-state index contributed by atoms with van der Waals surface area (Å²) in [4.78, 5) is 89.7. The molecule has 2 amide bonds. The van der Waals surface area contributed by atoms with Crippen LogP contribution in [-0.4, -0.2) is 121 Å². The van der Waals surface area contributed by atoms with Crippen molar-refractivity contribution in [3.05, 3.63) is 82.4 Å². The second-order valence-electron chi connectivity index (χ2n) is 19.8. The molecule has 396 valence electrons. The van der Waals surface area contributed by atoms with E-state index in [1.54, 1.807) is 37.5 Å². The fourth-order valence-electron chi connectivity index (χ4n) is 8.83. The first-order chi connectivity index (χ1) is 35.2. The first-order valence-electron chi connectivity index (χ1n) is 24.5. The van der Waals surface area contributed by atoms with E-state index in [0.29, 0.717) is 64.4 Å². The third kappa shape index (κ3) is 14.9. The quantitative estimate of drug-likeness (QED) is 0.0640. The Hall–Kier alpha value is -6.82.